The number of hydrogen-bond donors (Lipinski definition) is 0. The van der Waals surface area contributed by atoms with Crippen molar-refractivity contribution in [3.05, 3.63) is 94.6 Å². The summed E-state index contributed by atoms with van der Waals surface area (Å²) in [5.41, 5.74) is 3.72. The van der Waals surface area contributed by atoms with Crippen molar-refractivity contribution in [1.29, 1.82) is 0 Å². The van der Waals surface area contributed by atoms with Crippen molar-refractivity contribution in [3.63, 3.8) is 0 Å². The van der Waals surface area contributed by atoms with E-state index in [0.717, 1.165) is 21.2 Å². The molecule has 35 heavy (non-hydrogen) atoms. The molecule has 3 aromatic rings. The van der Waals surface area contributed by atoms with Crippen LogP contribution in [0.5, 0.6) is 5.75 Å². The van der Waals surface area contributed by atoms with Crippen LogP contribution in [0.4, 0.5) is 0 Å². The third-order valence-corrected chi connectivity index (χ3v) is 8.07. The first-order valence-electron chi connectivity index (χ1n) is 11.5. The van der Waals surface area contributed by atoms with Gasteiger partial charge in [-0.1, -0.05) is 57.6 Å². The number of fused-ring (bicyclic) bond motifs is 1. The summed E-state index contributed by atoms with van der Waals surface area (Å²) in [6, 6.07) is 12.9. The molecule has 0 unspecified atom stereocenters. The van der Waals surface area contributed by atoms with Crippen LogP contribution in [-0.4, -0.2) is 35.6 Å². The molecule has 1 aliphatic rings. The van der Waals surface area contributed by atoms with E-state index >= 15 is 0 Å². The van der Waals surface area contributed by atoms with Crippen molar-refractivity contribution in [2.45, 2.75) is 33.7 Å². The second-order valence-electron chi connectivity index (χ2n) is 8.31. The van der Waals surface area contributed by atoms with Crippen LogP contribution in [-0.2, 0) is 4.79 Å². The molecular formula is C27H28BrN3O3S. The number of amides is 1. The molecule has 0 fully saturated rings. The Morgan fingerprint density at radius 1 is 1.20 bits per heavy atom. The number of likely N-dealkylation sites (N-methyl/N-ethyl adjacent to an activating group) is 1. The van der Waals surface area contributed by atoms with E-state index in [9.17, 15) is 9.59 Å². The monoisotopic (exact) mass is 553 g/mol. The number of para-hydroxylation sites is 1. The molecule has 6 nitrogen and oxygen atoms in total. The lowest BCUT2D eigenvalue weighted by Gasteiger charge is -2.29. The van der Waals surface area contributed by atoms with Gasteiger partial charge < -0.3 is 9.64 Å². The summed E-state index contributed by atoms with van der Waals surface area (Å²) in [7, 11) is 1.60. The van der Waals surface area contributed by atoms with Gasteiger partial charge in [-0.05, 0) is 57.0 Å². The molecule has 0 aliphatic carbocycles. The predicted octanol–water partition coefficient (Wildman–Crippen LogP) is 4.18. The summed E-state index contributed by atoms with van der Waals surface area (Å²) in [6.45, 7) is 8.89. The second kappa shape index (κ2) is 10.3. The van der Waals surface area contributed by atoms with Gasteiger partial charge in [0.1, 0.15) is 11.8 Å². The Kier molecular flexibility index (Phi) is 7.42. The lowest BCUT2D eigenvalue weighted by Crippen LogP contribution is -2.43. The van der Waals surface area contributed by atoms with Gasteiger partial charge in [-0.25, -0.2) is 4.99 Å². The minimum absolute atomic E-state index is 0.121. The van der Waals surface area contributed by atoms with E-state index in [2.05, 4.69) is 15.9 Å². The highest BCUT2D eigenvalue weighted by molar-refractivity contribution is 9.10. The van der Waals surface area contributed by atoms with Crippen LogP contribution < -0.4 is 19.6 Å². The van der Waals surface area contributed by atoms with Crippen molar-refractivity contribution in [2.75, 3.05) is 20.2 Å². The predicted molar refractivity (Wildman–Crippen MR) is 144 cm³/mol. The Hall–Kier alpha value is -2.97. The zero-order valence-corrected chi connectivity index (χ0v) is 22.9. The summed E-state index contributed by atoms with van der Waals surface area (Å²) < 4.78 is 8.83. The van der Waals surface area contributed by atoms with E-state index in [1.165, 1.54) is 11.3 Å². The first-order valence-corrected chi connectivity index (χ1v) is 13.1. The van der Waals surface area contributed by atoms with Gasteiger partial charge in [0.05, 0.1) is 22.9 Å². The topological polar surface area (TPSA) is 63.9 Å². The van der Waals surface area contributed by atoms with E-state index < -0.39 is 6.04 Å². The van der Waals surface area contributed by atoms with Crippen molar-refractivity contribution >= 4 is 39.2 Å². The summed E-state index contributed by atoms with van der Waals surface area (Å²) >= 11 is 4.90. The standard InChI is InChI=1S/C27H28BrN3O3S/c1-6-30(7-2)26(33)23-17(4)29-27-31(24(23)19-10-8-9-11-21(19)34-5)25(32)22(35-27)15-18-13-12-16(3)20(28)14-18/h8-15,24H,6-7H2,1-5H3/b22-15+/t24-/m0/s1. The molecule has 1 aliphatic heterocycles. The lowest BCUT2D eigenvalue weighted by molar-refractivity contribution is -0.127. The van der Waals surface area contributed by atoms with Crippen LogP contribution in [0.15, 0.2) is 68.0 Å². The van der Waals surface area contributed by atoms with Gasteiger partial charge in [0.25, 0.3) is 11.5 Å². The Bertz CT molecular complexity index is 1500. The van der Waals surface area contributed by atoms with Gasteiger partial charge in [-0.2, -0.15) is 0 Å². The molecule has 0 N–H and O–H groups in total. The molecule has 0 saturated heterocycles. The zero-order valence-electron chi connectivity index (χ0n) is 20.5. The summed E-state index contributed by atoms with van der Waals surface area (Å²) in [6.07, 6.45) is 1.87. The Labute approximate surface area is 217 Å². The van der Waals surface area contributed by atoms with E-state index in [1.807, 2.05) is 76.2 Å². The number of thiazole rings is 1. The molecule has 4 rings (SSSR count). The van der Waals surface area contributed by atoms with E-state index in [1.54, 1.807) is 16.6 Å². The number of nitrogens with zero attached hydrogens (tertiary/aromatic N) is 3. The van der Waals surface area contributed by atoms with Crippen LogP contribution in [0, 0.1) is 6.92 Å². The molecule has 2 heterocycles. The lowest BCUT2D eigenvalue weighted by atomic mass is 9.94. The van der Waals surface area contributed by atoms with Gasteiger partial charge >= 0.3 is 0 Å². The van der Waals surface area contributed by atoms with Crippen molar-refractivity contribution in [2.24, 2.45) is 4.99 Å². The van der Waals surface area contributed by atoms with E-state index in [4.69, 9.17) is 9.73 Å². The SMILES string of the molecule is CCN(CC)C(=O)C1=C(C)N=c2s/c(=C/c3ccc(C)c(Br)c3)c(=O)n2[C@H]1c1ccccc1OC. The highest BCUT2D eigenvalue weighted by Crippen LogP contribution is 2.36. The number of ether oxygens (including phenoxy) is 1. The minimum Gasteiger partial charge on any atom is -0.496 e. The van der Waals surface area contributed by atoms with Crippen molar-refractivity contribution < 1.29 is 9.53 Å². The molecule has 2 aromatic carbocycles. The molecule has 0 radical (unpaired) electrons. The molecular weight excluding hydrogens is 526 g/mol. The number of methoxy groups -OCH3 is 1. The quantitative estimate of drug-likeness (QED) is 0.460. The summed E-state index contributed by atoms with van der Waals surface area (Å²) in [5.74, 6) is 0.498. The fourth-order valence-electron chi connectivity index (χ4n) is 4.31. The van der Waals surface area contributed by atoms with Gasteiger partial charge in [0.2, 0.25) is 0 Å². The first kappa shape index (κ1) is 25.1. The van der Waals surface area contributed by atoms with Crippen molar-refractivity contribution in [3.8, 4) is 5.75 Å². The molecule has 0 bridgehead atoms. The fourth-order valence-corrected chi connectivity index (χ4v) is 5.76. The number of benzene rings is 2. The number of carbonyl (C=O) groups is 1. The average molecular weight is 555 g/mol. The molecule has 1 amide bonds. The summed E-state index contributed by atoms with van der Waals surface area (Å²) in [5, 5.41) is 0. The number of hydrogen-bond acceptors (Lipinski definition) is 5. The number of halogens is 1. The number of aromatic nitrogens is 1. The third kappa shape index (κ3) is 4.65. The second-order valence-corrected chi connectivity index (χ2v) is 10.2. The van der Waals surface area contributed by atoms with Crippen molar-refractivity contribution in [1.82, 2.24) is 9.47 Å². The van der Waals surface area contributed by atoms with E-state index in [0.29, 0.717) is 39.4 Å². The van der Waals surface area contributed by atoms with Gasteiger partial charge in [0.15, 0.2) is 4.80 Å². The maximum atomic E-state index is 13.8. The molecule has 0 spiro atoms. The Morgan fingerprint density at radius 2 is 1.91 bits per heavy atom. The van der Waals surface area contributed by atoms with Crippen LogP contribution in [0.3, 0.4) is 0 Å². The fraction of sp³-hybridized carbons (Fsp3) is 0.296. The van der Waals surface area contributed by atoms with Gasteiger partial charge in [-0.15, -0.1) is 0 Å². The Morgan fingerprint density at radius 3 is 2.57 bits per heavy atom. The average Bonchev–Trinajstić information content (AvgIpc) is 3.15. The highest BCUT2D eigenvalue weighted by Gasteiger charge is 2.35. The maximum Gasteiger partial charge on any atom is 0.271 e. The Balaban J connectivity index is 1.99. The van der Waals surface area contributed by atoms with Gasteiger partial charge in [-0.3, -0.25) is 14.2 Å². The first-order chi connectivity index (χ1) is 16.8. The maximum absolute atomic E-state index is 13.8. The molecule has 8 heteroatoms. The largest absolute Gasteiger partial charge is 0.496 e. The molecule has 1 aromatic heterocycles. The molecule has 182 valence electrons. The van der Waals surface area contributed by atoms with E-state index in [-0.39, 0.29) is 11.5 Å². The highest BCUT2D eigenvalue weighted by atomic mass is 79.9. The molecule has 1 atom stereocenters. The normalized spacial score (nSPS) is 15.6. The van der Waals surface area contributed by atoms with Crippen LogP contribution in [0.1, 0.15) is 43.5 Å². The van der Waals surface area contributed by atoms with Gasteiger partial charge in [0, 0.05) is 23.1 Å². The smallest absolute Gasteiger partial charge is 0.271 e. The number of aryl methyl sites for hydroxylation is 1. The number of allylic oxidation sites excluding steroid dienone is 1. The van der Waals surface area contributed by atoms with Crippen LogP contribution in [0.2, 0.25) is 0 Å². The van der Waals surface area contributed by atoms with Crippen LogP contribution in [0.25, 0.3) is 6.08 Å². The van der Waals surface area contributed by atoms with Crippen LogP contribution >= 0.6 is 27.3 Å². The number of carbonyl (C=O) groups excluding carboxylic acids is 1. The number of rotatable bonds is 6. The third-order valence-electron chi connectivity index (χ3n) is 6.23. The minimum atomic E-state index is -0.637. The zero-order chi connectivity index (χ0) is 25.3. The summed E-state index contributed by atoms with van der Waals surface area (Å²) in [4.78, 5) is 34.6. The molecule has 0 saturated carbocycles.